The summed E-state index contributed by atoms with van der Waals surface area (Å²) in [7, 11) is 1.94. The molecule has 0 spiro atoms. The van der Waals surface area contributed by atoms with E-state index in [9.17, 15) is 0 Å². The summed E-state index contributed by atoms with van der Waals surface area (Å²) in [5, 5.41) is 3.12. The molecule has 0 amide bonds. The van der Waals surface area contributed by atoms with Crippen LogP contribution in [-0.4, -0.2) is 19.7 Å². The first-order valence-electron chi connectivity index (χ1n) is 5.02. The predicted molar refractivity (Wildman–Crippen MR) is 56.0 cm³/mol. The number of rotatable bonds is 6. The molecular weight excluding hydrogens is 178 g/mol. The first-order chi connectivity index (χ1) is 6.74. The van der Waals surface area contributed by atoms with E-state index in [0.717, 1.165) is 12.3 Å². The maximum absolute atomic E-state index is 5.73. The SMILES string of the molecule is CNCC(OCc1ccco1)C(C)C. The molecule has 80 valence electrons. The van der Waals surface area contributed by atoms with Gasteiger partial charge in [-0.2, -0.15) is 0 Å². The molecule has 1 unspecified atom stereocenters. The van der Waals surface area contributed by atoms with Crippen molar-refractivity contribution in [1.29, 1.82) is 0 Å². The molecule has 1 rings (SSSR count). The minimum Gasteiger partial charge on any atom is -0.467 e. The zero-order valence-electron chi connectivity index (χ0n) is 9.12. The van der Waals surface area contributed by atoms with Gasteiger partial charge < -0.3 is 14.5 Å². The monoisotopic (exact) mass is 197 g/mol. The van der Waals surface area contributed by atoms with Crippen molar-refractivity contribution < 1.29 is 9.15 Å². The molecule has 0 aliphatic carbocycles. The zero-order chi connectivity index (χ0) is 10.4. The molecule has 1 atom stereocenters. The lowest BCUT2D eigenvalue weighted by Crippen LogP contribution is -2.31. The van der Waals surface area contributed by atoms with Crippen molar-refractivity contribution in [1.82, 2.24) is 5.32 Å². The maximum Gasteiger partial charge on any atom is 0.129 e. The molecule has 1 aromatic rings. The molecule has 0 bridgehead atoms. The van der Waals surface area contributed by atoms with Gasteiger partial charge in [-0.05, 0) is 25.1 Å². The van der Waals surface area contributed by atoms with Gasteiger partial charge >= 0.3 is 0 Å². The fraction of sp³-hybridized carbons (Fsp3) is 0.636. The summed E-state index contributed by atoms with van der Waals surface area (Å²) in [6.45, 7) is 5.74. The molecule has 0 aliphatic heterocycles. The third-order valence-corrected chi connectivity index (χ3v) is 2.17. The summed E-state index contributed by atoms with van der Waals surface area (Å²) in [5.74, 6) is 1.39. The lowest BCUT2D eigenvalue weighted by molar-refractivity contribution is 0.00455. The van der Waals surface area contributed by atoms with Crippen LogP contribution in [0.4, 0.5) is 0 Å². The number of furan rings is 1. The largest absolute Gasteiger partial charge is 0.467 e. The minimum absolute atomic E-state index is 0.241. The number of nitrogens with one attached hydrogen (secondary N) is 1. The summed E-state index contributed by atoms with van der Waals surface area (Å²) >= 11 is 0. The van der Waals surface area contributed by atoms with Gasteiger partial charge in [-0.25, -0.2) is 0 Å². The van der Waals surface area contributed by atoms with E-state index in [1.807, 2.05) is 19.2 Å². The van der Waals surface area contributed by atoms with Gasteiger partial charge in [-0.3, -0.25) is 0 Å². The molecule has 0 fully saturated rings. The standard InChI is InChI=1S/C11H19NO2/c1-9(2)11(7-12-3)14-8-10-5-4-6-13-10/h4-6,9,11-12H,7-8H2,1-3H3. The lowest BCUT2D eigenvalue weighted by atomic mass is 10.1. The average Bonchev–Trinajstić information content (AvgIpc) is 2.64. The van der Waals surface area contributed by atoms with Crippen molar-refractivity contribution in [3.8, 4) is 0 Å². The number of hydrogen-bond acceptors (Lipinski definition) is 3. The molecular formula is C11H19NO2. The minimum atomic E-state index is 0.241. The summed E-state index contributed by atoms with van der Waals surface area (Å²) < 4.78 is 10.9. The van der Waals surface area contributed by atoms with E-state index in [1.54, 1.807) is 6.26 Å². The molecule has 14 heavy (non-hydrogen) atoms. The Morgan fingerprint density at radius 3 is 2.79 bits per heavy atom. The van der Waals surface area contributed by atoms with E-state index in [0.29, 0.717) is 12.5 Å². The third kappa shape index (κ3) is 3.52. The van der Waals surface area contributed by atoms with E-state index < -0.39 is 0 Å². The van der Waals surface area contributed by atoms with Gasteiger partial charge in [-0.1, -0.05) is 13.8 Å². The second-order valence-electron chi connectivity index (χ2n) is 3.73. The number of likely N-dealkylation sites (N-methyl/N-ethyl adjacent to an activating group) is 1. The zero-order valence-corrected chi connectivity index (χ0v) is 9.12. The van der Waals surface area contributed by atoms with Gasteiger partial charge in [0.05, 0.1) is 12.4 Å². The van der Waals surface area contributed by atoms with E-state index in [1.165, 1.54) is 0 Å². The Hall–Kier alpha value is -0.800. The van der Waals surface area contributed by atoms with Crippen molar-refractivity contribution in [2.45, 2.75) is 26.6 Å². The maximum atomic E-state index is 5.73. The van der Waals surface area contributed by atoms with Crippen molar-refractivity contribution in [2.75, 3.05) is 13.6 Å². The van der Waals surface area contributed by atoms with Gasteiger partial charge in [0.15, 0.2) is 0 Å². The van der Waals surface area contributed by atoms with Gasteiger partial charge in [0.2, 0.25) is 0 Å². The Labute approximate surface area is 85.4 Å². The number of ether oxygens (including phenoxy) is 1. The van der Waals surface area contributed by atoms with Crippen LogP contribution in [0.2, 0.25) is 0 Å². The molecule has 1 heterocycles. The summed E-state index contributed by atoms with van der Waals surface area (Å²) in [6.07, 6.45) is 1.91. The van der Waals surface area contributed by atoms with Crippen LogP contribution in [0.5, 0.6) is 0 Å². The predicted octanol–water partition coefficient (Wildman–Crippen LogP) is 2.04. The number of hydrogen-bond donors (Lipinski definition) is 1. The van der Waals surface area contributed by atoms with Crippen molar-refractivity contribution >= 4 is 0 Å². The van der Waals surface area contributed by atoms with Crippen LogP contribution in [0.15, 0.2) is 22.8 Å². The van der Waals surface area contributed by atoms with Crippen LogP contribution in [0.1, 0.15) is 19.6 Å². The highest BCUT2D eigenvalue weighted by molar-refractivity contribution is 4.96. The Morgan fingerprint density at radius 2 is 2.29 bits per heavy atom. The molecule has 1 aromatic heterocycles. The highest BCUT2D eigenvalue weighted by atomic mass is 16.5. The molecule has 3 heteroatoms. The van der Waals surface area contributed by atoms with E-state index >= 15 is 0 Å². The second-order valence-corrected chi connectivity index (χ2v) is 3.73. The van der Waals surface area contributed by atoms with Gasteiger partial charge in [0, 0.05) is 6.54 Å². The van der Waals surface area contributed by atoms with Crippen molar-refractivity contribution in [3.05, 3.63) is 24.2 Å². The smallest absolute Gasteiger partial charge is 0.129 e. The van der Waals surface area contributed by atoms with Gasteiger partial charge in [0.25, 0.3) is 0 Å². The summed E-state index contributed by atoms with van der Waals surface area (Å²) in [5.41, 5.74) is 0. The fourth-order valence-electron chi connectivity index (χ4n) is 1.27. The first kappa shape index (κ1) is 11.3. The molecule has 0 radical (unpaired) electrons. The van der Waals surface area contributed by atoms with Gasteiger partial charge in [-0.15, -0.1) is 0 Å². The van der Waals surface area contributed by atoms with Crippen LogP contribution in [0.25, 0.3) is 0 Å². The Bertz CT molecular complexity index is 231. The summed E-state index contributed by atoms with van der Waals surface area (Å²) in [4.78, 5) is 0. The van der Waals surface area contributed by atoms with E-state index in [4.69, 9.17) is 9.15 Å². The molecule has 0 aliphatic rings. The molecule has 0 aromatic carbocycles. The molecule has 1 N–H and O–H groups in total. The first-order valence-corrected chi connectivity index (χ1v) is 5.02. The topological polar surface area (TPSA) is 34.4 Å². The second kappa shape index (κ2) is 5.83. The van der Waals surface area contributed by atoms with Crippen LogP contribution in [-0.2, 0) is 11.3 Å². The van der Waals surface area contributed by atoms with Crippen LogP contribution < -0.4 is 5.32 Å². The van der Waals surface area contributed by atoms with Gasteiger partial charge in [0.1, 0.15) is 12.4 Å². The van der Waals surface area contributed by atoms with Crippen molar-refractivity contribution in [2.24, 2.45) is 5.92 Å². The van der Waals surface area contributed by atoms with Crippen molar-refractivity contribution in [3.63, 3.8) is 0 Å². The average molecular weight is 197 g/mol. The molecule has 3 nitrogen and oxygen atoms in total. The summed E-state index contributed by atoms with van der Waals surface area (Å²) in [6, 6.07) is 3.80. The quantitative estimate of drug-likeness (QED) is 0.757. The van der Waals surface area contributed by atoms with Crippen LogP contribution >= 0.6 is 0 Å². The fourth-order valence-corrected chi connectivity index (χ4v) is 1.27. The molecule has 0 saturated carbocycles. The Morgan fingerprint density at radius 1 is 1.50 bits per heavy atom. The normalized spacial score (nSPS) is 13.4. The van der Waals surface area contributed by atoms with E-state index in [-0.39, 0.29) is 6.10 Å². The molecule has 0 saturated heterocycles. The Balaban J connectivity index is 2.33. The Kier molecular flexibility index (Phi) is 4.70. The van der Waals surface area contributed by atoms with Crippen LogP contribution in [0.3, 0.4) is 0 Å². The van der Waals surface area contributed by atoms with Crippen LogP contribution in [0, 0.1) is 5.92 Å². The van der Waals surface area contributed by atoms with E-state index in [2.05, 4.69) is 19.2 Å². The highest BCUT2D eigenvalue weighted by Gasteiger charge is 2.13. The third-order valence-electron chi connectivity index (χ3n) is 2.17. The highest BCUT2D eigenvalue weighted by Crippen LogP contribution is 2.10. The lowest BCUT2D eigenvalue weighted by Gasteiger charge is -2.20.